The van der Waals surface area contributed by atoms with E-state index in [9.17, 15) is 4.79 Å². The van der Waals surface area contributed by atoms with Crippen LogP contribution in [0.1, 0.15) is 19.8 Å². The van der Waals surface area contributed by atoms with Gasteiger partial charge in [-0.05, 0) is 37.1 Å². The van der Waals surface area contributed by atoms with Crippen molar-refractivity contribution in [1.82, 2.24) is 0 Å². The molecule has 1 amide bonds. The van der Waals surface area contributed by atoms with Crippen molar-refractivity contribution in [3.05, 3.63) is 24.3 Å². The summed E-state index contributed by atoms with van der Waals surface area (Å²) in [5.41, 5.74) is 0.846. The van der Waals surface area contributed by atoms with Gasteiger partial charge in [0, 0.05) is 29.9 Å². The van der Waals surface area contributed by atoms with Crippen LogP contribution < -0.4 is 5.32 Å². The van der Waals surface area contributed by atoms with Crippen LogP contribution in [0.25, 0.3) is 0 Å². The summed E-state index contributed by atoms with van der Waals surface area (Å²) in [6, 6.07) is 7.92. The highest BCUT2D eigenvalue weighted by atomic mass is 32.2. The Kier molecular flexibility index (Phi) is 4.45. The molecule has 2 rings (SSSR count). The molecule has 0 spiro atoms. The average molecular weight is 251 g/mol. The van der Waals surface area contributed by atoms with Crippen molar-refractivity contribution in [2.45, 2.75) is 30.8 Å². The largest absolute Gasteiger partial charge is 0.377 e. The Morgan fingerprint density at radius 1 is 1.47 bits per heavy atom. The zero-order valence-corrected chi connectivity index (χ0v) is 10.8. The lowest BCUT2D eigenvalue weighted by Crippen LogP contribution is -2.07. The zero-order chi connectivity index (χ0) is 12.1. The van der Waals surface area contributed by atoms with Gasteiger partial charge in [-0.1, -0.05) is 0 Å². The molecule has 1 N–H and O–H groups in total. The van der Waals surface area contributed by atoms with Crippen molar-refractivity contribution in [2.75, 3.05) is 17.7 Å². The number of anilines is 1. The fraction of sp³-hybridized carbons (Fsp3) is 0.462. The molecule has 1 heterocycles. The Balaban J connectivity index is 1.82. The van der Waals surface area contributed by atoms with Crippen LogP contribution in [0.3, 0.4) is 0 Å². The number of benzene rings is 1. The molecule has 0 saturated carbocycles. The highest BCUT2D eigenvalue weighted by Crippen LogP contribution is 2.24. The minimum absolute atomic E-state index is 0.0373. The monoisotopic (exact) mass is 251 g/mol. The van der Waals surface area contributed by atoms with Gasteiger partial charge in [0.15, 0.2) is 0 Å². The highest BCUT2D eigenvalue weighted by molar-refractivity contribution is 7.99. The molecule has 0 aromatic heterocycles. The summed E-state index contributed by atoms with van der Waals surface area (Å²) < 4.78 is 5.57. The maximum Gasteiger partial charge on any atom is 0.221 e. The molecule has 92 valence electrons. The molecule has 0 unspecified atom stereocenters. The molecule has 1 aromatic carbocycles. The van der Waals surface area contributed by atoms with E-state index >= 15 is 0 Å². The average Bonchev–Trinajstić information content (AvgIpc) is 2.80. The van der Waals surface area contributed by atoms with Crippen LogP contribution >= 0.6 is 11.8 Å². The summed E-state index contributed by atoms with van der Waals surface area (Å²) in [5, 5.41) is 2.76. The van der Waals surface area contributed by atoms with E-state index in [1.807, 2.05) is 36.0 Å². The van der Waals surface area contributed by atoms with Crippen LogP contribution in [-0.2, 0) is 9.53 Å². The highest BCUT2D eigenvalue weighted by Gasteiger charge is 2.15. The third-order valence-corrected chi connectivity index (χ3v) is 3.78. The maximum absolute atomic E-state index is 10.9. The van der Waals surface area contributed by atoms with Crippen molar-refractivity contribution in [2.24, 2.45) is 0 Å². The molecule has 1 aliphatic rings. The number of nitrogens with one attached hydrogen (secondary N) is 1. The lowest BCUT2D eigenvalue weighted by molar-refractivity contribution is -0.114. The SMILES string of the molecule is CC(=O)Nc1ccc(SC[C@@H]2CCCO2)cc1. The van der Waals surface area contributed by atoms with E-state index in [4.69, 9.17) is 4.74 Å². The maximum atomic E-state index is 10.9. The molecule has 0 aliphatic carbocycles. The molecular weight excluding hydrogens is 234 g/mol. The molecule has 1 saturated heterocycles. The molecular formula is C13H17NO2S. The van der Waals surface area contributed by atoms with E-state index in [1.54, 1.807) is 0 Å². The van der Waals surface area contributed by atoms with Crippen LogP contribution in [-0.4, -0.2) is 24.4 Å². The van der Waals surface area contributed by atoms with Crippen LogP contribution in [0.15, 0.2) is 29.2 Å². The number of hydrogen-bond donors (Lipinski definition) is 1. The van der Waals surface area contributed by atoms with E-state index < -0.39 is 0 Å². The van der Waals surface area contributed by atoms with Gasteiger partial charge in [0.25, 0.3) is 0 Å². The summed E-state index contributed by atoms with van der Waals surface area (Å²) >= 11 is 1.81. The summed E-state index contributed by atoms with van der Waals surface area (Å²) in [6.45, 7) is 2.42. The van der Waals surface area contributed by atoms with Crippen LogP contribution in [0, 0.1) is 0 Å². The number of carbonyl (C=O) groups excluding carboxylic acids is 1. The summed E-state index contributed by atoms with van der Waals surface area (Å²) in [7, 11) is 0. The van der Waals surface area contributed by atoms with Gasteiger partial charge in [0.2, 0.25) is 5.91 Å². The Bertz CT molecular complexity index is 372. The van der Waals surface area contributed by atoms with Gasteiger partial charge in [-0.3, -0.25) is 4.79 Å². The van der Waals surface area contributed by atoms with E-state index in [1.165, 1.54) is 24.7 Å². The topological polar surface area (TPSA) is 38.3 Å². The van der Waals surface area contributed by atoms with Gasteiger partial charge in [0.05, 0.1) is 6.10 Å². The Hall–Kier alpha value is -1.00. The fourth-order valence-electron chi connectivity index (χ4n) is 1.80. The first-order chi connectivity index (χ1) is 8.24. The Labute approximate surface area is 106 Å². The molecule has 1 aromatic rings. The first-order valence-corrected chi connectivity index (χ1v) is 6.84. The molecule has 4 heteroatoms. The second-order valence-corrected chi connectivity index (χ2v) is 5.25. The minimum Gasteiger partial charge on any atom is -0.377 e. The molecule has 1 fully saturated rings. The molecule has 1 aliphatic heterocycles. The van der Waals surface area contributed by atoms with Gasteiger partial charge in [-0.25, -0.2) is 0 Å². The zero-order valence-electron chi connectivity index (χ0n) is 9.94. The van der Waals surface area contributed by atoms with Gasteiger partial charge >= 0.3 is 0 Å². The predicted molar refractivity (Wildman–Crippen MR) is 70.4 cm³/mol. The number of amides is 1. The van der Waals surface area contributed by atoms with Gasteiger partial charge < -0.3 is 10.1 Å². The lowest BCUT2D eigenvalue weighted by atomic mass is 10.3. The van der Waals surface area contributed by atoms with Gasteiger partial charge in [-0.15, -0.1) is 11.8 Å². The second kappa shape index (κ2) is 6.07. The lowest BCUT2D eigenvalue weighted by Gasteiger charge is -2.09. The van der Waals surface area contributed by atoms with Crippen molar-refractivity contribution >= 4 is 23.4 Å². The van der Waals surface area contributed by atoms with Crippen molar-refractivity contribution in [1.29, 1.82) is 0 Å². The van der Waals surface area contributed by atoms with Gasteiger partial charge in [-0.2, -0.15) is 0 Å². The minimum atomic E-state index is -0.0373. The summed E-state index contributed by atoms with van der Waals surface area (Å²) in [5.74, 6) is 0.976. The number of rotatable bonds is 4. The quantitative estimate of drug-likeness (QED) is 0.836. The number of hydrogen-bond acceptors (Lipinski definition) is 3. The van der Waals surface area contributed by atoms with Gasteiger partial charge in [0.1, 0.15) is 0 Å². The third-order valence-electron chi connectivity index (χ3n) is 2.63. The van der Waals surface area contributed by atoms with E-state index in [2.05, 4.69) is 5.32 Å². The first-order valence-electron chi connectivity index (χ1n) is 5.86. The van der Waals surface area contributed by atoms with E-state index in [0.29, 0.717) is 6.10 Å². The summed E-state index contributed by atoms with van der Waals surface area (Å²) in [6.07, 6.45) is 2.78. The predicted octanol–water partition coefficient (Wildman–Crippen LogP) is 2.92. The number of carbonyl (C=O) groups is 1. The Morgan fingerprint density at radius 3 is 2.82 bits per heavy atom. The van der Waals surface area contributed by atoms with Crippen LogP contribution in [0.2, 0.25) is 0 Å². The molecule has 0 bridgehead atoms. The van der Waals surface area contributed by atoms with Crippen LogP contribution in [0.5, 0.6) is 0 Å². The normalized spacial score (nSPS) is 19.2. The molecule has 0 radical (unpaired) electrons. The Morgan fingerprint density at radius 2 is 2.24 bits per heavy atom. The van der Waals surface area contributed by atoms with E-state index in [-0.39, 0.29) is 5.91 Å². The van der Waals surface area contributed by atoms with Crippen molar-refractivity contribution in [3.8, 4) is 0 Å². The molecule has 1 atom stereocenters. The van der Waals surface area contributed by atoms with E-state index in [0.717, 1.165) is 18.0 Å². The first kappa shape index (κ1) is 12.5. The number of ether oxygens (including phenoxy) is 1. The smallest absolute Gasteiger partial charge is 0.221 e. The molecule has 17 heavy (non-hydrogen) atoms. The number of thioether (sulfide) groups is 1. The fourth-order valence-corrected chi connectivity index (χ4v) is 2.77. The van der Waals surface area contributed by atoms with Crippen molar-refractivity contribution < 1.29 is 9.53 Å². The standard InChI is InChI=1S/C13H17NO2S/c1-10(15)14-11-4-6-13(7-5-11)17-9-12-3-2-8-16-12/h4-7,12H,2-3,8-9H2,1H3,(H,14,15)/t12-/m0/s1. The third kappa shape index (κ3) is 4.06. The van der Waals surface area contributed by atoms with Crippen LogP contribution in [0.4, 0.5) is 5.69 Å². The van der Waals surface area contributed by atoms with Crippen molar-refractivity contribution in [3.63, 3.8) is 0 Å². The summed E-state index contributed by atoms with van der Waals surface area (Å²) in [4.78, 5) is 12.1. The molecule has 3 nitrogen and oxygen atoms in total. The second-order valence-electron chi connectivity index (χ2n) is 4.15.